The number of aliphatic hydroxyl groups is 1. The number of hydrogen-bond donors (Lipinski definition) is 4. The van der Waals surface area contributed by atoms with Gasteiger partial charge in [0.25, 0.3) is 5.91 Å². The minimum Gasteiger partial charge on any atom is -0.462 e. The maximum absolute atomic E-state index is 14.6. The number of carbonyl (C=O) groups is 4. The number of hydrazine groups is 1. The van der Waals surface area contributed by atoms with Crippen LogP contribution in [0.4, 0.5) is 9.18 Å². The maximum Gasteiger partial charge on any atom is 0.355 e. The number of pyridine rings is 1. The number of rotatable bonds is 8. The fourth-order valence-electron chi connectivity index (χ4n) is 9.26. The van der Waals surface area contributed by atoms with Crippen LogP contribution in [0.2, 0.25) is 0 Å². The van der Waals surface area contributed by atoms with E-state index in [1.54, 1.807) is 27.2 Å². The second-order valence-corrected chi connectivity index (χ2v) is 19.4. The molecule has 0 aliphatic carbocycles. The predicted octanol–water partition coefficient (Wildman–Crippen LogP) is 4.97. The Morgan fingerprint density at radius 2 is 1.97 bits per heavy atom. The van der Waals surface area contributed by atoms with E-state index in [0.29, 0.717) is 23.7 Å². The highest BCUT2D eigenvalue weighted by atomic mass is 32.1. The molecule has 4 amide bonds. The number of ether oxygens (including phenoxy) is 2. The Bertz CT molecular complexity index is 2390. The smallest absolute Gasteiger partial charge is 0.355 e. The van der Waals surface area contributed by atoms with Crippen LogP contribution in [0.5, 0.6) is 0 Å². The molecule has 4 aromatic rings. The maximum atomic E-state index is 14.6. The Balaban J connectivity index is 1.30. The summed E-state index contributed by atoms with van der Waals surface area (Å²) >= 11 is 1.34. The molecule has 0 spiro atoms. The molecule has 2 fully saturated rings. The van der Waals surface area contributed by atoms with Crippen LogP contribution in [-0.2, 0) is 43.2 Å². The first-order chi connectivity index (χ1) is 30.4. The van der Waals surface area contributed by atoms with Crippen molar-refractivity contribution in [2.75, 3.05) is 40.4 Å². The fourth-order valence-corrected chi connectivity index (χ4v) is 10.1. The number of cyclic esters (lactones) is 1. The van der Waals surface area contributed by atoms with Gasteiger partial charge in [-0.1, -0.05) is 33.8 Å². The topological polar surface area (TPSA) is 197 Å². The zero-order valence-electron chi connectivity index (χ0n) is 38.0. The summed E-state index contributed by atoms with van der Waals surface area (Å²) in [5, 5.41) is 19.4. The van der Waals surface area contributed by atoms with Gasteiger partial charge in [-0.25, -0.2) is 19.0 Å². The van der Waals surface area contributed by atoms with Gasteiger partial charge in [-0.3, -0.25) is 19.6 Å². The van der Waals surface area contributed by atoms with Gasteiger partial charge in [-0.2, -0.15) is 5.43 Å². The van der Waals surface area contributed by atoms with Crippen molar-refractivity contribution in [3.63, 3.8) is 0 Å². The number of thiazole rings is 1. The van der Waals surface area contributed by atoms with E-state index in [9.17, 15) is 28.7 Å². The van der Waals surface area contributed by atoms with Gasteiger partial charge in [0.05, 0.1) is 40.8 Å². The Morgan fingerprint density at radius 3 is 2.67 bits per heavy atom. The molecule has 3 aliphatic rings. The number of carbonyl (C=O) groups excluding carboxylic acids is 4. The highest BCUT2D eigenvalue weighted by Crippen LogP contribution is 2.42. The van der Waals surface area contributed by atoms with Crippen molar-refractivity contribution in [3.05, 3.63) is 58.2 Å². The lowest BCUT2D eigenvalue weighted by atomic mass is 9.84. The van der Waals surface area contributed by atoms with E-state index in [1.165, 1.54) is 28.2 Å². The molecule has 3 aromatic heterocycles. The number of methoxy groups -OCH3 is 1. The number of hydrogen-bond acceptors (Lipinski definition) is 12. The number of nitrogens with two attached hydrogens (primary N) is 1. The van der Waals surface area contributed by atoms with Crippen molar-refractivity contribution in [1.82, 2.24) is 40.1 Å². The number of piperidine rings is 1. The van der Waals surface area contributed by atoms with E-state index in [-0.39, 0.29) is 58.0 Å². The molecule has 6 bridgehead atoms. The summed E-state index contributed by atoms with van der Waals surface area (Å²) in [7, 11) is 3.17. The molecule has 3 aliphatic heterocycles. The lowest BCUT2D eigenvalue weighted by Gasteiger charge is -2.41. The monoisotopic (exact) mass is 903 g/mol. The largest absolute Gasteiger partial charge is 0.462 e. The molecule has 16 nitrogen and oxygen atoms in total. The van der Waals surface area contributed by atoms with Crippen molar-refractivity contribution >= 4 is 46.1 Å². The number of aromatic nitrogens is 3. The van der Waals surface area contributed by atoms with Gasteiger partial charge in [0.1, 0.15) is 18.3 Å². The van der Waals surface area contributed by atoms with Crippen LogP contribution >= 0.6 is 11.3 Å². The van der Waals surface area contributed by atoms with Gasteiger partial charge in [-0.05, 0) is 68.9 Å². The molecule has 18 heteroatoms. The third-order valence-electron chi connectivity index (χ3n) is 12.7. The number of likely N-dealkylation sites (tertiary alicyclic amines) is 1. The molecule has 0 saturated carbocycles. The van der Waals surface area contributed by atoms with Crippen molar-refractivity contribution in [2.45, 2.75) is 116 Å². The number of amides is 4. The van der Waals surface area contributed by atoms with Gasteiger partial charge >= 0.3 is 12.0 Å². The normalized spacial score (nSPS) is 24.0. The van der Waals surface area contributed by atoms with Crippen molar-refractivity contribution < 1.29 is 38.1 Å². The van der Waals surface area contributed by atoms with E-state index >= 15 is 0 Å². The molecular weight excluding hydrogens is 842 g/mol. The first kappa shape index (κ1) is 47.0. The zero-order chi connectivity index (χ0) is 46.2. The van der Waals surface area contributed by atoms with E-state index in [0.717, 1.165) is 44.0 Å². The SMILES string of the molecule is CCn1c(-c2cccnc2[C@H](C)OC)c2c3cc(ccc31)-c1csc(n1)C[C@H](NC(=O)[C@H](C(C)C)N(C)C(=O)N1CC[C@@H](F)[C@H](N)C1)C(=O)N1CCC[C@@](O)(N1)C(=O)OCC(C)(C)C2. The molecule has 0 unspecified atom stereocenters. The summed E-state index contributed by atoms with van der Waals surface area (Å²) in [6, 6.07) is 6.64. The van der Waals surface area contributed by atoms with Crippen LogP contribution < -0.4 is 16.5 Å². The molecule has 2 saturated heterocycles. The lowest BCUT2D eigenvalue weighted by molar-refractivity contribution is -0.189. The number of nitrogens with zero attached hydrogens (tertiary/aromatic N) is 6. The summed E-state index contributed by atoms with van der Waals surface area (Å²) in [6.07, 6.45) is 1.02. The number of alkyl halides is 1. The zero-order valence-corrected chi connectivity index (χ0v) is 38.8. The van der Waals surface area contributed by atoms with Crippen molar-refractivity contribution in [1.29, 1.82) is 0 Å². The highest BCUT2D eigenvalue weighted by molar-refractivity contribution is 7.10. The number of esters is 1. The minimum atomic E-state index is -2.24. The van der Waals surface area contributed by atoms with Gasteiger partial charge in [0, 0.05) is 92.2 Å². The highest BCUT2D eigenvalue weighted by Gasteiger charge is 2.46. The van der Waals surface area contributed by atoms with E-state index in [2.05, 4.69) is 40.4 Å². The third kappa shape index (κ3) is 9.38. The summed E-state index contributed by atoms with van der Waals surface area (Å²) in [5.74, 6) is -2.52. The second-order valence-electron chi connectivity index (χ2n) is 18.5. The number of fused-ring (bicyclic) bond motifs is 6. The third-order valence-corrected chi connectivity index (χ3v) is 13.6. The number of likely N-dealkylation sites (N-methyl/N-ethyl adjacent to an activating group) is 1. The molecule has 6 atom stereocenters. The Labute approximate surface area is 377 Å². The summed E-state index contributed by atoms with van der Waals surface area (Å²) in [4.78, 5) is 69.1. The standard InChI is InChI=1S/C46H62FN9O7S/c1-9-55-36-14-13-28-20-30(36)31(40(55)29-12-10-17-49-38(29)27(4)62-8)22-45(5,6)25-63-43(59)46(61)16-11-18-56(52-46)42(58)34(21-37-50-35(28)24-64-37)51-41(57)39(26(2)3)53(7)44(60)54-19-15-32(47)33(48)23-54/h10,12-14,17,20,24,26-27,32-34,39,52,61H,9,11,15-16,18-19,21-23,25,48H2,1-8H3,(H,51,57)/t27-,32+,33+,34-,39-,46-/m0/s1. The fraction of sp³-hybridized carbons (Fsp3) is 0.565. The number of nitrogens with one attached hydrogen (secondary N) is 2. The molecule has 5 N–H and O–H groups in total. The quantitative estimate of drug-likeness (QED) is 0.174. The van der Waals surface area contributed by atoms with Gasteiger partial charge < -0.3 is 40.0 Å². The molecular formula is C46H62FN9O7S. The van der Waals surface area contributed by atoms with E-state index in [1.807, 2.05) is 38.3 Å². The molecule has 64 heavy (non-hydrogen) atoms. The predicted molar refractivity (Wildman–Crippen MR) is 241 cm³/mol. The van der Waals surface area contributed by atoms with Crippen LogP contribution in [-0.4, -0.2) is 129 Å². The molecule has 0 radical (unpaired) electrons. The van der Waals surface area contributed by atoms with Crippen LogP contribution in [0.3, 0.4) is 0 Å². The molecule has 6 heterocycles. The van der Waals surface area contributed by atoms with E-state index < -0.39 is 65.2 Å². The number of aryl methyl sites for hydroxylation is 1. The average molecular weight is 904 g/mol. The number of urea groups is 1. The van der Waals surface area contributed by atoms with Gasteiger partial charge in [0.2, 0.25) is 11.6 Å². The summed E-state index contributed by atoms with van der Waals surface area (Å²) in [5.41, 5.74) is 12.1. The first-order valence-electron chi connectivity index (χ1n) is 22.1. The average Bonchev–Trinajstić information content (AvgIpc) is 3.86. The van der Waals surface area contributed by atoms with Crippen LogP contribution in [0, 0.1) is 11.3 Å². The summed E-state index contributed by atoms with van der Waals surface area (Å²) < 4.78 is 28.2. The van der Waals surface area contributed by atoms with Crippen LogP contribution in [0.15, 0.2) is 41.9 Å². The van der Waals surface area contributed by atoms with E-state index in [4.69, 9.17) is 25.2 Å². The van der Waals surface area contributed by atoms with Crippen molar-refractivity contribution in [2.24, 2.45) is 17.1 Å². The number of benzene rings is 1. The Hall–Kier alpha value is -5.01. The molecule has 1 aromatic carbocycles. The van der Waals surface area contributed by atoms with Crippen LogP contribution in [0.1, 0.15) is 83.2 Å². The van der Waals surface area contributed by atoms with Gasteiger partial charge in [-0.15, -0.1) is 11.3 Å². The first-order valence-corrected chi connectivity index (χ1v) is 23.0. The summed E-state index contributed by atoms with van der Waals surface area (Å²) in [6.45, 7) is 12.6. The minimum absolute atomic E-state index is 0.00663. The Kier molecular flexibility index (Phi) is 13.8. The molecule has 7 rings (SSSR count). The molecule has 346 valence electrons. The van der Waals surface area contributed by atoms with Crippen molar-refractivity contribution in [3.8, 4) is 22.5 Å². The second kappa shape index (κ2) is 18.8. The number of halogens is 1. The van der Waals surface area contributed by atoms with Gasteiger partial charge in [0.15, 0.2) is 0 Å². The lowest BCUT2D eigenvalue weighted by Crippen LogP contribution is -2.67. The van der Waals surface area contributed by atoms with Crippen LogP contribution in [0.25, 0.3) is 33.4 Å². The Morgan fingerprint density at radius 1 is 1.20 bits per heavy atom.